The lowest BCUT2D eigenvalue weighted by Crippen LogP contribution is -2.49. The van der Waals surface area contributed by atoms with E-state index in [9.17, 15) is 5.11 Å². The standard InChI is InChI=1S/C25H30N4O/c1-19-17-26-13-14-29(19)18-21-3-2-4-22(15-21)23-10-12-28-25(16-23)27-11-9-20-5-7-24(30)8-6-20/h2-8,10,12,15-16,19,26,30H,9,11,13-14,17-18H2,1H3,(H,27,28)/t19-/m0/s1. The van der Waals surface area contributed by atoms with E-state index in [-0.39, 0.29) is 0 Å². The summed E-state index contributed by atoms with van der Waals surface area (Å²) in [5.41, 5.74) is 4.93. The largest absolute Gasteiger partial charge is 0.508 e. The molecule has 0 spiro atoms. The van der Waals surface area contributed by atoms with Gasteiger partial charge in [-0.3, -0.25) is 4.90 Å². The van der Waals surface area contributed by atoms with Gasteiger partial charge in [0, 0.05) is 45.0 Å². The summed E-state index contributed by atoms with van der Waals surface area (Å²) in [6.07, 6.45) is 2.74. The molecule has 1 aliphatic rings. The summed E-state index contributed by atoms with van der Waals surface area (Å²) in [5, 5.41) is 16.3. The highest BCUT2D eigenvalue weighted by Gasteiger charge is 2.17. The van der Waals surface area contributed by atoms with Gasteiger partial charge in [-0.2, -0.15) is 0 Å². The highest BCUT2D eigenvalue weighted by Crippen LogP contribution is 2.23. The first-order valence-electron chi connectivity index (χ1n) is 10.7. The third-order valence-electron chi connectivity index (χ3n) is 5.70. The highest BCUT2D eigenvalue weighted by atomic mass is 16.3. The number of phenolic OH excluding ortho intramolecular Hbond substituents is 1. The predicted molar refractivity (Wildman–Crippen MR) is 123 cm³/mol. The number of rotatable bonds is 7. The fourth-order valence-electron chi connectivity index (χ4n) is 3.91. The van der Waals surface area contributed by atoms with Gasteiger partial charge < -0.3 is 15.7 Å². The van der Waals surface area contributed by atoms with Gasteiger partial charge in [0.2, 0.25) is 0 Å². The van der Waals surface area contributed by atoms with E-state index in [2.05, 4.69) is 63.8 Å². The zero-order valence-electron chi connectivity index (χ0n) is 17.5. The molecule has 5 heteroatoms. The van der Waals surface area contributed by atoms with Crippen molar-refractivity contribution in [3.63, 3.8) is 0 Å². The van der Waals surface area contributed by atoms with E-state index >= 15 is 0 Å². The summed E-state index contributed by atoms with van der Waals surface area (Å²) >= 11 is 0. The van der Waals surface area contributed by atoms with Crippen molar-refractivity contribution in [2.75, 3.05) is 31.5 Å². The molecule has 1 atom stereocenters. The third kappa shape index (κ3) is 5.38. The second-order valence-corrected chi connectivity index (χ2v) is 8.00. The molecule has 3 N–H and O–H groups in total. The topological polar surface area (TPSA) is 60.4 Å². The summed E-state index contributed by atoms with van der Waals surface area (Å²) in [7, 11) is 0. The molecule has 1 saturated heterocycles. The van der Waals surface area contributed by atoms with Gasteiger partial charge in [0.1, 0.15) is 11.6 Å². The Hall–Kier alpha value is -2.89. The first-order chi connectivity index (χ1) is 14.7. The first-order valence-corrected chi connectivity index (χ1v) is 10.7. The number of nitrogens with one attached hydrogen (secondary N) is 2. The van der Waals surface area contributed by atoms with Crippen LogP contribution in [0.1, 0.15) is 18.1 Å². The van der Waals surface area contributed by atoms with Crippen molar-refractivity contribution in [3.8, 4) is 16.9 Å². The van der Waals surface area contributed by atoms with Crippen molar-refractivity contribution in [2.24, 2.45) is 0 Å². The molecule has 2 aromatic carbocycles. The molecule has 0 bridgehead atoms. The van der Waals surface area contributed by atoms with E-state index in [0.29, 0.717) is 11.8 Å². The van der Waals surface area contributed by atoms with Gasteiger partial charge in [-0.25, -0.2) is 4.98 Å². The minimum atomic E-state index is 0.301. The molecule has 0 amide bonds. The number of nitrogens with zero attached hydrogens (tertiary/aromatic N) is 2. The number of benzene rings is 2. The fraction of sp³-hybridized carbons (Fsp3) is 0.320. The van der Waals surface area contributed by atoms with Gasteiger partial charge in [0.05, 0.1) is 0 Å². The molecule has 0 unspecified atom stereocenters. The Labute approximate surface area is 178 Å². The predicted octanol–water partition coefficient (Wildman–Crippen LogP) is 3.90. The van der Waals surface area contributed by atoms with Crippen LogP contribution in [0.25, 0.3) is 11.1 Å². The van der Waals surface area contributed by atoms with Crippen molar-refractivity contribution >= 4 is 5.82 Å². The summed E-state index contributed by atoms with van der Waals surface area (Å²) in [6.45, 7) is 7.28. The van der Waals surface area contributed by atoms with E-state index in [0.717, 1.165) is 45.0 Å². The van der Waals surface area contributed by atoms with E-state index in [4.69, 9.17) is 0 Å². The Balaban J connectivity index is 1.39. The van der Waals surface area contributed by atoms with Crippen LogP contribution in [0.4, 0.5) is 5.82 Å². The second kappa shape index (κ2) is 9.74. The number of anilines is 1. The van der Waals surface area contributed by atoms with E-state index < -0.39 is 0 Å². The van der Waals surface area contributed by atoms with Gasteiger partial charge in [-0.05, 0) is 65.9 Å². The lowest BCUT2D eigenvalue weighted by Gasteiger charge is -2.34. The minimum Gasteiger partial charge on any atom is -0.508 e. The van der Waals surface area contributed by atoms with E-state index in [1.807, 2.05) is 18.3 Å². The fourth-order valence-corrected chi connectivity index (χ4v) is 3.91. The summed E-state index contributed by atoms with van der Waals surface area (Å²) in [4.78, 5) is 7.01. The van der Waals surface area contributed by atoms with Crippen LogP contribution in [0.2, 0.25) is 0 Å². The lowest BCUT2D eigenvalue weighted by molar-refractivity contribution is 0.165. The summed E-state index contributed by atoms with van der Waals surface area (Å²) in [5.74, 6) is 1.18. The molecule has 0 saturated carbocycles. The van der Waals surface area contributed by atoms with Crippen molar-refractivity contribution in [1.29, 1.82) is 0 Å². The lowest BCUT2D eigenvalue weighted by atomic mass is 10.0. The number of aromatic nitrogens is 1. The molecule has 156 valence electrons. The van der Waals surface area contributed by atoms with Gasteiger partial charge in [-0.15, -0.1) is 0 Å². The Morgan fingerprint density at radius 2 is 1.90 bits per heavy atom. The maximum Gasteiger partial charge on any atom is 0.126 e. The summed E-state index contributed by atoms with van der Waals surface area (Å²) < 4.78 is 0. The molecule has 1 aliphatic heterocycles. The molecule has 1 fully saturated rings. The number of piperazine rings is 1. The minimum absolute atomic E-state index is 0.301. The average Bonchev–Trinajstić information content (AvgIpc) is 2.77. The van der Waals surface area contributed by atoms with Crippen molar-refractivity contribution in [1.82, 2.24) is 15.2 Å². The van der Waals surface area contributed by atoms with Gasteiger partial charge in [0.15, 0.2) is 0 Å². The van der Waals surface area contributed by atoms with Crippen molar-refractivity contribution in [2.45, 2.75) is 25.9 Å². The van der Waals surface area contributed by atoms with Crippen LogP contribution in [-0.4, -0.2) is 47.2 Å². The second-order valence-electron chi connectivity index (χ2n) is 8.00. The Bertz CT molecular complexity index is 957. The van der Waals surface area contributed by atoms with Crippen LogP contribution in [0.3, 0.4) is 0 Å². The smallest absolute Gasteiger partial charge is 0.126 e. The molecule has 2 heterocycles. The van der Waals surface area contributed by atoms with Crippen LogP contribution in [0, 0.1) is 0 Å². The maximum absolute atomic E-state index is 9.39. The van der Waals surface area contributed by atoms with Crippen LogP contribution in [0.15, 0.2) is 66.9 Å². The first kappa shape index (κ1) is 20.4. The molecular formula is C25H30N4O. The number of hydrogen-bond donors (Lipinski definition) is 3. The van der Waals surface area contributed by atoms with Crippen molar-refractivity contribution < 1.29 is 5.11 Å². The number of pyridine rings is 1. The average molecular weight is 403 g/mol. The molecule has 4 rings (SSSR count). The Morgan fingerprint density at radius 1 is 1.07 bits per heavy atom. The zero-order chi connectivity index (χ0) is 20.8. The van der Waals surface area contributed by atoms with E-state index in [1.165, 1.54) is 22.3 Å². The molecular weight excluding hydrogens is 372 g/mol. The van der Waals surface area contributed by atoms with Crippen LogP contribution >= 0.6 is 0 Å². The molecule has 0 radical (unpaired) electrons. The molecule has 3 aromatic rings. The van der Waals surface area contributed by atoms with Crippen molar-refractivity contribution in [3.05, 3.63) is 78.0 Å². The summed E-state index contributed by atoms with van der Waals surface area (Å²) in [6, 6.07) is 20.9. The highest BCUT2D eigenvalue weighted by molar-refractivity contribution is 5.66. The quantitative estimate of drug-likeness (QED) is 0.560. The van der Waals surface area contributed by atoms with Gasteiger partial charge >= 0.3 is 0 Å². The molecule has 0 aliphatic carbocycles. The normalized spacial score (nSPS) is 17.0. The molecule has 30 heavy (non-hydrogen) atoms. The zero-order valence-corrected chi connectivity index (χ0v) is 17.5. The van der Waals surface area contributed by atoms with Crippen LogP contribution in [-0.2, 0) is 13.0 Å². The van der Waals surface area contributed by atoms with E-state index in [1.54, 1.807) is 12.1 Å². The third-order valence-corrected chi connectivity index (χ3v) is 5.70. The van der Waals surface area contributed by atoms with Crippen LogP contribution < -0.4 is 10.6 Å². The number of hydrogen-bond acceptors (Lipinski definition) is 5. The Morgan fingerprint density at radius 3 is 2.73 bits per heavy atom. The number of phenols is 1. The monoisotopic (exact) mass is 402 g/mol. The maximum atomic E-state index is 9.39. The van der Waals surface area contributed by atoms with Gasteiger partial charge in [0.25, 0.3) is 0 Å². The Kier molecular flexibility index (Phi) is 6.62. The van der Waals surface area contributed by atoms with Gasteiger partial charge in [-0.1, -0.05) is 30.3 Å². The SMILES string of the molecule is C[C@H]1CNCCN1Cc1cccc(-c2ccnc(NCCc3ccc(O)cc3)c2)c1. The molecule has 1 aromatic heterocycles. The number of aromatic hydroxyl groups is 1. The van der Waals surface area contributed by atoms with Crippen LogP contribution in [0.5, 0.6) is 5.75 Å². The molecule has 5 nitrogen and oxygen atoms in total.